The summed E-state index contributed by atoms with van der Waals surface area (Å²) in [5.41, 5.74) is 3.00. The third-order valence-electron chi connectivity index (χ3n) is 3.91. The van der Waals surface area contributed by atoms with Crippen LogP contribution in [0.25, 0.3) is 22.4 Å². The van der Waals surface area contributed by atoms with Gasteiger partial charge in [-0.2, -0.15) is 0 Å². The van der Waals surface area contributed by atoms with E-state index in [-0.39, 0.29) is 4.90 Å². The highest BCUT2D eigenvalue weighted by atomic mass is 32.2. The number of halogens is 1. The average molecular weight is 367 g/mol. The molecule has 7 heteroatoms. The van der Waals surface area contributed by atoms with Gasteiger partial charge in [0, 0.05) is 11.3 Å². The Kier molecular flexibility index (Phi) is 3.93. The zero-order chi connectivity index (χ0) is 18.1. The maximum Gasteiger partial charge on any atom is 0.261 e. The largest absolute Gasteiger partial charge is 0.338 e. The van der Waals surface area contributed by atoms with Gasteiger partial charge in [-0.05, 0) is 54.6 Å². The number of sulfonamides is 1. The molecule has 0 radical (unpaired) electrons. The van der Waals surface area contributed by atoms with E-state index in [1.54, 1.807) is 24.3 Å². The van der Waals surface area contributed by atoms with Gasteiger partial charge in [-0.25, -0.2) is 17.8 Å². The van der Waals surface area contributed by atoms with Crippen LogP contribution in [0.1, 0.15) is 0 Å². The van der Waals surface area contributed by atoms with Gasteiger partial charge in [0.1, 0.15) is 11.6 Å². The lowest BCUT2D eigenvalue weighted by molar-refractivity contribution is 0.595. The van der Waals surface area contributed by atoms with Crippen molar-refractivity contribution in [3.05, 3.63) is 78.6 Å². The molecule has 0 atom stereocenters. The number of aromatic amines is 1. The van der Waals surface area contributed by atoms with Gasteiger partial charge in [0.15, 0.2) is 0 Å². The molecule has 130 valence electrons. The van der Waals surface area contributed by atoms with Gasteiger partial charge in [-0.15, -0.1) is 0 Å². The summed E-state index contributed by atoms with van der Waals surface area (Å²) in [6.45, 7) is 0. The summed E-state index contributed by atoms with van der Waals surface area (Å²) < 4.78 is 40.4. The molecule has 0 saturated carbocycles. The Labute approximate surface area is 149 Å². The van der Waals surface area contributed by atoms with Crippen molar-refractivity contribution in [2.75, 3.05) is 4.72 Å². The zero-order valence-electron chi connectivity index (χ0n) is 13.5. The molecule has 0 aliphatic carbocycles. The molecule has 4 aromatic rings. The van der Waals surface area contributed by atoms with Crippen LogP contribution in [0.2, 0.25) is 0 Å². The highest BCUT2D eigenvalue weighted by molar-refractivity contribution is 7.92. The molecule has 2 N–H and O–H groups in total. The monoisotopic (exact) mass is 367 g/mol. The standard InChI is InChI=1S/C19H14FN3O2S/c20-14-4-3-5-16(12-14)26(24,25)23-15-10-8-13(9-11-15)19-21-17-6-1-2-7-18(17)22-19/h1-12,23H,(H,21,22). The van der Waals surface area contributed by atoms with Crippen LogP contribution in [-0.2, 0) is 10.0 Å². The van der Waals surface area contributed by atoms with Crippen molar-refractivity contribution >= 4 is 26.7 Å². The van der Waals surface area contributed by atoms with Gasteiger partial charge in [0.05, 0.1) is 15.9 Å². The number of anilines is 1. The molecule has 0 aliphatic rings. The van der Waals surface area contributed by atoms with E-state index in [9.17, 15) is 12.8 Å². The molecule has 1 aromatic heterocycles. The maximum absolute atomic E-state index is 13.3. The third kappa shape index (κ3) is 3.16. The molecule has 5 nitrogen and oxygen atoms in total. The van der Waals surface area contributed by atoms with Crippen molar-refractivity contribution in [2.45, 2.75) is 4.90 Å². The van der Waals surface area contributed by atoms with Crippen LogP contribution in [0.3, 0.4) is 0 Å². The second-order valence-electron chi connectivity index (χ2n) is 5.74. The van der Waals surface area contributed by atoms with E-state index in [0.717, 1.165) is 22.7 Å². The quantitative estimate of drug-likeness (QED) is 0.568. The number of H-pyrrole nitrogens is 1. The van der Waals surface area contributed by atoms with E-state index < -0.39 is 15.8 Å². The minimum absolute atomic E-state index is 0.126. The summed E-state index contributed by atoms with van der Waals surface area (Å²) in [5, 5.41) is 0. The van der Waals surface area contributed by atoms with Gasteiger partial charge in [-0.1, -0.05) is 18.2 Å². The fourth-order valence-electron chi connectivity index (χ4n) is 2.63. The van der Waals surface area contributed by atoms with E-state index in [0.29, 0.717) is 11.5 Å². The second kappa shape index (κ2) is 6.27. The third-order valence-corrected chi connectivity index (χ3v) is 5.29. The SMILES string of the molecule is O=S(=O)(Nc1ccc(-c2nc3ccccc3[nH]2)cc1)c1cccc(F)c1. The van der Waals surface area contributed by atoms with Gasteiger partial charge in [0.2, 0.25) is 0 Å². The molecule has 0 spiro atoms. The minimum atomic E-state index is -3.85. The van der Waals surface area contributed by atoms with Crippen molar-refractivity contribution < 1.29 is 12.8 Å². The number of hydrogen-bond acceptors (Lipinski definition) is 3. The number of benzene rings is 3. The topological polar surface area (TPSA) is 74.8 Å². The first-order valence-electron chi connectivity index (χ1n) is 7.85. The lowest BCUT2D eigenvalue weighted by Gasteiger charge is -2.08. The summed E-state index contributed by atoms with van der Waals surface area (Å²) in [6.07, 6.45) is 0. The second-order valence-corrected chi connectivity index (χ2v) is 7.43. The predicted molar refractivity (Wildman–Crippen MR) is 98.7 cm³/mol. The molecule has 0 amide bonds. The van der Waals surface area contributed by atoms with E-state index in [4.69, 9.17) is 0 Å². The van der Waals surface area contributed by atoms with Crippen molar-refractivity contribution in [3.8, 4) is 11.4 Å². The number of nitrogens with one attached hydrogen (secondary N) is 2. The summed E-state index contributed by atoms with van der Waals surface area (Å²) in [6, 6.07) is 19.4. The first kappa shape index (κ1) is 16.3. The summed E-state index contributed by atoms with van der Waals surface area (Å²) in [7, 11) is -3.85. The van der Waals surface area contributed by atoms with Crippen LogP contribution in [0.5, 0.6) is 0 Å². The number of imidazole rings is 1. The van der Waals surface area contributed by atoms with Crippen molar-refractivity contribution in [2.24, 2.45) is 0 Å². The number of rotatable bonds is 4. The molecule has 0 bridgehead atoms. The van der Waals surface area contributed by atoms with Crippen molar-refractivity contribution in [1.82, 2.24) is 9.97 Å². The number of nitrogens with zero attached hydrogens (tertiary/aromatic N) is 1. The smallest absolute Gasteiger partial charge is 0.261 e. The first-order valence-corrected chi connectivity index (χ1v) is 9.33. The molecule has 0 fully saturated rings. The summed E-state index contributed by atoms with van der Waals surface area (Å²) in [5.74, 6) is 0.0962. The molecule has 1 heterocycles. The maximum atomic E-state index is 13.3. The van der Waals surface area contributed by atoms with Crippen molar-refractivity contribution in [1.29, 1.82) is 0 Å². The van der Waals surface area contributed by atoms with Crippen LogP contribution in [0.15, 0.2) is 77.7 Å². The Morgan fingerprint density at radius 2 is 1.69 bits per heavy atom. The molecule has 0 unspecified atom stereocenters. The van der Waals surface area contributed by atoms with Crippen molar-refractivity contribution in [3.63, 3.8) is 0 Å². The Balaban J connectivity index is 1.59. The zero-order valence-corrected chi connectivity index (χ0v) is 14.3. The first-order chi connectivity index (χ1) is 12.5. The lowest BCUT2D eigenvalue weighted by atomic mass is 10.2. The fourth-order valence-corrected chi connectivity index (χ4v) is 3.72. The van der Waals surface area contributed by atoms with Gasteiger partial charge in [-0.3, -0.25) is 4.72 Å². The number of para-hydroxylation sites is 2. The molecular weight excluding hydrogens is 353 g/mol. The van der Waals surface area contributed by atoms with Crippen LogP contribution in [0.4, 0.5) is 10.1 Å². The van der Waals surface area contributed by atoms with E-state index >= 15 is 0 Å². The molecule has 0 saturated heterocycles. The Hall–Kier alpha value is -3.19. The van der Waals surface area contributed by atoms with Gasteiger partial charge < -0.3 is 4.98 Å². The van der Waals surface area contributed by atoms with Gasteiger partial charge >= 0.3 is 0 Å². The van der Waals surface area contributed by atoms with E-state index in [1.807, 2.05) is 24.3 Å². The summed E-state index contributed by atoms with van der Waals surface area (Å²) in [4.78, 5) is 7.60. The van der Waals surface area contributed by atoms with Crippen LogP contribution in [-0.4, -0.2) is 18.4 Å². The summed E-state index contributed by atoms with van der Waals surface area (Å²) >= 11 is 0. The number of fused-ring (bicyclic) bond motifs is 1. The Morgan fingerprint density at radius 3 is 2.42 bits per heavy atom. The van der Waals surface area contributed by atoms with Gasteiger partial charge in [0.25, 0.3) is 10.0 Å². The highest BCUT2D eigenvalue weighted by Crippen LogP contribution is 2.23. The Bertz CT molecular complexity index is 1150. The average Bonchev–Trinajstić information content (AvgIpc) is 3.06. The fraction of sp³-hybridized carbons (Fsp3) is 0. The lowest BCUT2D eigenvalue weighted by Crippen LogP contribution is -2.13. The van der Waals surface area contributed by atoms with Crippen LogP contribution < -0.4 is 4.72 Å². The predicted octanol–water partition coefficient (Wildman–Crippen LogP) is 4.17. The minimum Gasteiger partial charge on any atom is -0.338 e. The Morgan fingerprint density at radius 1 is 0.923 bits per heavy atom. The molecule has 4 rings (SSSR count). The molecular formula is C19H14FN3O2S. The molecule has 3 aromatic carbocycles. The molecule has 0 aliphatic heterocycles. The van der Waals surface area contributed by atoms with Crippen LogP contribution >= 0.6 is 0 Å². The van der Waals surface area contributed by atoms with E-state index in [1.165, 1.54) is 18.2 Å². The van der Waals surface area contributed by atoms with E-state index in [2.05, 4.69) is 14.7 Å². The molecule has 26 heavy (non-hydrogen) atoms. The number of aromatic nitrogens is 2. The highest BCUT2D eigenvalue weighted by Gasteiger charge is 2.15. The van der Waals surface area contributed by atoms with Crippen LogP contribution in [0, 0.1) is 5.82 Å². The normalized spacial score (nSPS) is 11.6. The number of hydrogen-bond donors (Lipinski definition) is 2.